The number of halogens is 1. The first kappa shape index (κ1) is 14.2. The summed E-state index contributed by atoms with van der Waals surface area (Å²) in [5.41, 5.74) is 2.43. The molecule has 110 valence electrons. The molecule has 0 unspecified atom stereocenters. The van der Waals surface area contributed by atoms with Gasteiger partial charge in [0.1, 0.15) is 0 Å². The van der Waals surface area contributed by atoms with E-state index in [2.05, 4.69) is 25.9 Å². The van der Waals surface area contributed by atoms with Crippen LogP contribution in [0.3, 0.4) is 0 Å². The van der Waals surface area contributed by atoms with Crippen molar-refractivity contribution in [3.05, 3.63) is 65.2 Å². The molecule has 0 aliphatic carbocycles. The fraction of sp³-hybridized carbons (Fsp3) is 0.0667. The van der Waals surface area contributed by atoms with Gasteiger partial charge < -0.3 is 5.32 Å². The number of rotatable bonds is 4. The summed E-state index contributed by atoms with van der Waals surface area (Å²) < 4.78 is 0. The summed E-state index contributed by atoms with van der Waals surface area (Å²) in [5.74, 6) is 0.428. The molecule has 22 heavy (non-hydrogen) atoms. The van der Waals surface area contributed by atoms with Crippen LogP contribution in [0.25, 0.3) is 0 Å². The predicted molar refractivity (Wildman–Crippen MR) is 86.6 cm³/mol. The Kier molecular flexibility index (Phi) is 4.11. The first-order valence-corrected chi connectivity index (χ1v) is 7.03. The van der Waals surface area contributed by atoms with Crippen molar-refractivity contribution in [1.82, 2.24) is 20.3 Å². The summed E-state index contributed by atoms with van der Waals surface area (Å²) in [6.07, 6.45) is 0. The van der Waals surface area contributed by atoms with Crippen molar-refractivity contribution >= 4 is 28.9 Å². The lowest BCUT2D eigenvalue weighted by Gasteiger charge is -2.05. The van der Waals surface area contributed by atoms with Crippen LogP contribution in [0.1, 0.15) is 12.5 Å². The summed E-state index contributed by atoms with van der Waals surface area (Å²) >= 11 is 6.17. The molecule has 0 aliphatic heterocycles. The van der Waals surface area contributed by atoms with Gasteiger partial charge in [0.15, 0.2) is 0 Å². The number of benzene rings is 2. The molecule has 6 nitrogen and oxygen atoms in total. The molecule has 0 saturated heterocycles. The van der Waals surface area contributed by atoms with E-state index >= 15 is 0 Å². The Balaban J connectivity index is 1.89. The van der Waals surface area contributed by atoms with Crippen LogP contribution in [-0.4, -0.2) is 26.0 Å². The molecule has 0 amide bonds. The van der Waals surface area contributed by atoms with Crippen molar-refractivity contribution < 1.29 is 0 Å². The Morgan fingerprint density at radius 3 is 2.59 bits per heavy atom. The van der Waals surface area contributed by atoms with Gasteiger partial charge in [-0.3, -0.25) is 0 Å². The van der Waals surface area contributed by atoms with E-state index in [9.17, 15) is 0 Å². The van der Waals surface area contributed by atoms with E-state index in [1.807, 2.05) is 61.5 Å². The molecule has 0 spiro atoms. The van der Waals surface area contributed by atoms with E-state index < -0.39 is 0 Å². The topological polar surface area (TPSA) is 68.0 Å². The minimum atomic E-state index is 0.428. The molecule has 2 aromatic carbocycles. The van der Waals surface area contributed by atoms with E-state index in [4.69, 9.17) is 11.6 Å². The van der Waals surface area contributed by atoms with Gasteiger partial charge in [-0.15, -0.1) is 0 Å². The minimum Gasteiger partial charge on any atom is -0.321 e. The van der Waals surface area contributed by atoms with Crippen molar-refractivity contribution in [2.45, 2.75) is 6.92 Å². The number of tetrazole rings is 1. The van der Waals surface area contributed by atoms with Crippen LogP contribution in [0, 0.1) is 0 Å². The fourth-order valence-electron chi connectivity index (χ4n) is 1.93. The number of aromatic nitrogens is 4. The van der Waals surface area contributed by atoms with Crippen molar-refractivity contribution in [1.29, 1.82) is 0 Å². The maximum absolute atomic E-state index is 6.17. The van der Waals surface area contributed by atoms with Gasteiger partial charge in [-0.05, 0) is 35.5 Å². The van der Waals surface area contributed by atoms with E-state index in [0.29, 0.717) is 16.7 Å². The molecule has 3 rings (SSSR count). The summed E-state index contributed by atoms with van der Waals surface area (Å²) in [5, 5.41) is 19.6. The van der Waals surface area contributed by atoms with Gasteiger partial charge in [0, 0.05) is 16.3 Å². The predicted octanol–water partition coefficient (Wildman–Crippen LogP) is 3.34. The Morgan fingerprint density at radius 1 is 1.09 bits per heavy atom. The summed E-state index contributed by atoms with van der Waals surface area (Å²) in [4.78, 5) is 1.34. The van der Waals surface area contributed by atoms with Crippen LogP contribution in [0.5, 0.6) is 0 Å². The lowest BCUT2D eigenvalue weighted by Crippen LogP contribution is -2.05. The number of para-hydroxylation sites is 1. The number of hydrogen-bond donors (Lipinski definition) is 1. The first-order valence-electron chi connectivity index (χ1n) is 6.65. The zero-order valence-electron chi connectivity index (χ0n) is 11.8. The zero-order valence-corrected chi connectivity index (χ0v) is 12.6. The summed E-state index contributed by atoms with van der Waals surface area (Å²) in [6, 6.07) is 17.1. The second-order valence-corrected chi connectivity index (χ2v) is 4.96. The van der Waals surface area contributed by atoms with Gasteiger partial charge in [0.2, 0.25) is 0 Å². The maximum Gasteiger partial charge on any atom is 0.269 e. The third-order valence-corrected chi connectivity index (χ3v) is 3.32. The molecule has 0 aliphatic rings. The second-order valence-electron chi connectivity index (χ2n) is 4.55. The highest BCUT2D eigenvalue weighted by atomic mass is 35.5. The molecule has 0 saturated carbocycles. The molecule has 0 radical (unpaired) electrons. The van der Waals surface area contributed by atoms with Crippen LogP contribution in [0.15, 0.2) is 59.7 Å². The molecule has 0 atom stereocenters. The Labute approximate surface area is 132 Å². The highest BCUT2D eigenvalue weighted by Gasteiger charge is 2.08. The Bertz CT molecular complexity index is 797. The normalized spacial score (nSPS) is 11.5. The van der Waals surface area contributed by atoms with E-state index in [1.165, 1.54) is 4.79 Å². The van der Waals surface area contributed by atoms with Gasteiger partial charge in [-0.25, -0.2) is 0 Å². The van der Waals surface area contributed by atoms with Gasteiger partial charge in [0.05, 0.1) is 5.71 Å². The van der Waals surface area contributed by atoms with Gasteiger partial charge in [-0.1, -0.05) is 57.9 Å². The quantitative estimate of drug-likeness (QED) is 0.750. The van der Waals surface area contributed by atoms with Gasteiger partial charge in [0.25, 0.3) is 5.95 Å². The first-order chi connectivity index (χ1) is 10.7. The van der Waals surface area contributed by atoms with E-state index in [-0.39, 0.29) is 0 Å². The van der Waals surface area contributed by atoms with Crippen molar-refractivity contribution in [3.8, 4) is 0 Å². The van der Waals surface area contributed by atoms with Crippen molar-refractivity contribution in [2.75, 3.05) is 5.32 Å². The average molecular weight is 313 g/mol. The van der Waals surface area contributed by atoms with Crippen molar-refractivity contribution in [2.24, 2.45) is 5.10 Å². The number of anilines is 2. The highest BCUT2D eigenvalue weighted by molar-refractivity contribution is 6.34. The third kappa shape index (κ3) is 3.12. The zero-order chi connectivity index (χ0) is 15.4. The van der Waals surface area contributed by atoms with Crippen molar-refractivity contribution in [3.63, 3.8) is 0 Å². The molecule has 1 N–H and O–H groups in total. The monoisotopic (exact) mass is 312 g/mol. The lowest BCUT2D eigenvalue weighted by atomic mass is 10.1. The van der Waals surface area contributed by atoms with Gasteiger partial charge in [-0.2, -0.15) is 5.10 Å². The molecule has 0 fully saturated rings. The second kappa shape index (κ2) is 6.36. The Morgan fingerprint density at radius 2 is 1.82 bits per heavy atom. The lowest BCUT2D eigenvalue weighted by molar-refractivity contribution is 0.695. The standard InChI is InChI=1S/C15H13ClN6/c1-11(13-9-5-6-10-14(13)16)19-22-15(18-20-21-22)17-12-7-3-2-4-8-12/h2-10H,1H3,(H,17,18,21). The molecular formula is C15H13ClN6. The molecular weight excluding hydrogens is 300 g/mol. The molecule has 0 bridgehead atoms. The fourth-order valence-corrected chi connectivity index (χ4v) is 2.20. The molecule has 3 aromatic rings. The maximum atomic E-state index is 6.17. The minimum absolute atomic E-state index is 0.428. The Hall–Kier alpha value is -2.73. The van der Waals surface area contributed by atoms with Crippen LogP contribution in [0.4, 0.5) is 11.6 Å². The van der Waals surface area contributed by atoms with Gasteiger partial charge >= 0.3 is 0 Å². The van der Waals surface area contributed by atoms with E-state index in [1.54, 1.807) is 0 Å². The number of hydrogen-bond acceptors (Lipinski definition) is 5. The summed E-state index contributed by atoms with van der Waals surface area (Å²) in [6.45, 7) is 1.86. The smallest absolute Gasteiger partial charge is 0.269 e. The molecule has 1 heterocycles. The SMILES string of the molecule is CC(=Nn1nnnc1Nc1ccccc1)c1ccccc1Cl. The molecule has 7 heteroatoms. The number of nitrogens with zero attached hydrogens (tertiary/aromatic N) is 5. The van der Waals surface area contributed by atoms with Crippen LogP contribution >= 0.6 is 11.6 Å². The third-order valence-electron chi connectivity index (χ3n) is 2.99. The van der Waals surface area contributed by atoms with Crippen LogP contribution < -0.4 is 5.32 Å². The van der Waals surface area contributed by atoms with Crippen LogP contribution in [0.2, 0.25) is 5.02 Å². The molecule has 1 aromatic heterocycles. The highest BCUT2D eigenvalue weighted by Crippen LogP contribution is 2.17. The number of nitrogens with one attached hydrogen (secondary N) is 1. The van der Waals surface area contributed by atoms with Crippen LogP contribution in [-0.2, 0) is 0 Å². The average Bonchev–Trinajstić information content (AvgIpc) is 2.95. The largest absolute Gasteiger partial charge is 0.321 e. The van der Waals surface area contributed by atoms with E-state index in [0.717, 1.165) is 11.3 Å². The summed E-state index contributed by atoms with van der Waals surface area (Å²) in [7, 11) is 0.